The number of nitrogens with one attached hydrogen (secondary N) is 2. The molecule has 4 rings (SSSR count). The van der Waals surface area contributed by atoms with Gasteiger partial charge in [-0.3, -0.25) is 0 Å². The number of anilines is 3. The van der Waals surface area contributed by atoms with Crippen LogP contribution in [0, 0.1) is 5.82 Å². The molecule has 0 aliphatic rings. The minimum absolute atomic E-state index is 0. The molecule has 0 radical (unpaired) electrons. The summed E-state index contributed by atoms with van der Waals surface area (Å²) < 4.78 is 14.8. The van der Waals surface area contributed by atoms with Crippen molar-refractivity contribution in [2.24, 2.45) is 7.05 Å². The number of rotatable bonds is 5. The van der Waals surface area contributed by atoms with Gasteiger partial charge in [0.15, 0.2) is 11.5 Å². The number of aromatic hydroxyl groups is 1. The molecule has 1 atom stereocenters. The summed E-state index contributed by atoms with van der Waals surface area (Å²) in [5.74, 6) is 1.01. The molecule has 0 aliphatic carbocycles. The largest absolute Gasteiger partial charge is 0.493 e. The van der Waals surface area contributed by atoms with Crippen molar-refractivity contribution in [1.29, 1.82) is 0 Å². The number of fused-ring (bicyclic) bond motifs is 1. The SMILES string of the molecule is C[C@H](Nc1nc(Nc2cn(C)cn2)c2ccc(O)nc2n1)c1ncc(F)cn1.Cl. The molecule has 0 fully saturated rings. The molecule has 4 aromatic rings. The average Bonchev–Trinajstić information content (AvgIpc) is 3.06. The van der Waals surface area contributed by atoms with Crippen LogP contribution in [0.2, 0.25) is 0 Å². The fourth-order valence-electron chi connectivity index (χ4n) is 2.56. The summed E-state index contributed by atoms with van der Waals surface area (Å²) in [6.45, 7) is 1.79. The van der Waals surface area contributed by atoms with Crippen LogP contribution < -0.4 is 10.6 Å². The Labute approximate surface area is 170 Å². The van der Waals surface area contributed by atoms with Crippen molar-refractivity contribution in [2.45, 2.75) is 13.0 Å². The van der Waals surface area contributed by atoms with Gasteiger partial charge in [0.25, 0.3) is 0 Å². The number of pyridine rings is 1. The van der Waals surface area contributed by atoms with Crippen molar-refractivity contribution >= 4 is 41.0 Å². The van der Waals surface area contributed by atoms with E-state index < -0.39 is 11.9 Å². The van der Waals surface area contributed by atoms with Crippen LogP contribution in [-0.4, -0.2) is 39.6 Å². The summed E-state index contributed by atoms with van der Waals surface area (Å²) in [5, 5.41) is 16.5. The highest BCUT2D eigenvalue weighted by atomic mass is 35.5. The second-order valence-electron chi connectivity index (χ2n) is 6.11. The van der Waals surface area contributed by atoms with Crippen LogP contribution in [0.3, 0.4) is 0 Å². The second kappa shape index (κ2) is 8.19. The smallest absolute Gasteiger partial charge is 0.227 e. The van der Waals surface area contributed by atoms with Gasteiger partial charge in [0.1, 0.15) is 17.5 Å². The van der Waals surface area contributed by atoms with Crippen LogP contribution in [0.4, 0.5) is 22.0 Å². The van der Waals surface area contributed by atoms with Gasteiger partial charge in [0.2, 0.25) is 11.8 Å². The minimum Gasteiger partial charge on any atom is -0.493 e. The van der Waals surface area contributed by atoms with E-state index in [1.807, 2.05) is 7.05 Å². The van der Waals surface area contributed by atoms with Crippen LogP contribution in [0.1, 0.15) is 18.8 Å². The molecule has 4 heterocycles. The Morgan fingerprint density at radius 1 is 1.10 bits per heavy atom. The zero-order chi connectivity index (χ0) is 19.7. The molecule has 0 unspecified atom stereocenters. The quantitative estimate of drug-likeness (QED) is 0.449. The molecule has 10 nitrogen and oxygen atoms in total. The fourth-order valence-corrected chi connectivity index (χ4v) is 2.56. The number of aromatic nitrogens is 7. The van der Waals surface area contributed by atoms with E-state index in [4.69, 9.17) is 0 Å². The van der Waals surface area contributed by atoms with Gasteiger partial charge in [-0.1, -0.05) is 0 Å². The van der Waals surface area contributed by atoms with Gasteiger partial charge >= 0.3 is 0 Å². The third-order valence-corrected chi connectivity index (χ3v) is 3.87. The number of hydrogen-bond donors (Lipinski definition) is 3. The third-order valence-electron chi connectivity index (χ3n) is 3.87. The highest BCUT2D eigenvalue weighted by Crippen LogP contribution is 2.26. The molecular formula is C17H17ClFN9O. The van der Waals surface area contributed by atoms with Gasteiger partial charge in [0.05, 0.1) is 30.1 Å². The van der Waals surface area contributed by atoms with Gasteiger partial charge in [-0.15, -0.1) is 12.4 Å². The van der Waals surface area contributed by atoms with Crippen molar-refractivity contribution in [3.63, 3.8) is 0 Å². The highest BCUT2D eigenvalue weighted by molar-refractivity contribution is 5.89. The lowest BCUT2D eigenvalue weighted by atomic mass is 10.3. The Morgan fingerprint density at radius 3 is 2.55 bits per heavy atom. The first-order valence-corrected chi connectivity index (χ1v) is 8.34. The van der Waals surface area contributed by atoms with Gasteiger partial charge in [-0.05, 0) is 13.0 Å². The Bertz CT molecular complexity index is 1140. The van der Waals surface area contributed by atoms with E-state index in [0.29, 0.717) is 28.5 Å². The number of nitrogens with zero attached hydrogens (tertiary/aromatic N) is 7. The number of hydrogen-bond acceptors (Lipinski definition) is 9. The lowest BCUT2D eigenvalue weighted by molar-refractivity contribution is 0.455. The van der Waals surface area contributed by atoms with Crippen molar-refractivity contribution < 1.29 is 9.50 Å². The second-order valence-corrected chi connectivity index (χ2v) is 6.11. The Balaban J connectivity index is 0.00000240. The first-order chi connectivity index (χ1) is 13.5. The standard InChI is InChI=1S/C17H16FN9O.ClH/c1-9(14-19-5-10(18)6-20-14)22-17-25-15(23-12-7-27(2)8-21-12)11-3-4-13(28)24-16(11)26-17;/h3-9H,1-2H3,(H3,22,23,24,25,26,28);1H/t9-;/m0./s1. The first-order valence-electron chi connectivity index (χ1n) is 8.34. The molecule has 0 aliphatic heterocycles. The van der Waals surface area contributed by atoms with Gasteiger partial charge < -0.3 is 20.3 Å². The van der Waals surface area contributed by atoms with E-state index in [1.165, 1.54) is 6.07 Å². The molecule has 0 amide bonds. The molecule has 0 saturated carbocycles. The van der Waals surface area contributed by atoms with E-state index in [1.54, 1.807) is 30.1 Å². The van der Waals surface area contributed by atoms with Crippen molar-refractivity contribution in [3.8, 4) is 5.88 Å². The predicted octanol–water partition coefficient (Wildman–Crippen LogP) is 2.73. The third kappa shape index (κ3) is 4.46. The molecule has 4 aromatic heterocycles. The minimum atomic E-state index is -0.514. The monoisotopic (exact) mass is 417 g/mol. The van der Waals surface area contributed by atoms with Crippen LogP contribution >= 0.6 is 12.4 Å². The molecular weight excluding hydrogens is 401 g/mol. The molecule has 3 N–H and O–H groups in total. The lowest BCUT2D eigenvalue weighted by Crippen LogP contribution is -2.13. The van der Waals surface area contributed by atoms with E-state index in [2.05, 4.69) is 40.5 Å². The maximum absolute atomic E-state index is 13.0. The summed E-state index contributed by atoms with van der Waals surface area (Å²) in [4.78, 5) is 25.0. The van der Waals surface area contributed by atoms with E-state index in [0.717, 1.165) is 12.4 Å². The number of halogens is 2. The summed E-state index contributed by atoms with van der Waals surface area (Å²) in [6, 6.07) is 2.73. The molecule has 29 heavy (non-hydrogen) atoms. The van der Waals surface area contributed by atoms with E-state index >= 15 is 0 Å². The van der Waals surface area contributed by atoms with E-state index in [9.17, 15) is 9.50 Å². The Kier molecular flexibility index (Phi) is 5.69. The number of imidazole rings is 1. The summed E-state index contributed by atoms with van der Waals surface area (Å²) in [7, 11) is 1.85. The molecule has 0 bridgehead atoms. The lowest BCUT2D eigenvalue weighted by Gasteiger charge is -2.14. The van der Waals surface area contributed by atoms with Gasteiger partial charge in [-0.25, -0.2) is 19.3 Å². The highest BCUT2D eigenvalue weighted by Gasteiger charge is 2.15. The zero-order valence-electron chi connectivity index (χ0n) is 15.4. The fraction of sp³-hybridized carbons (Fsp3) is 0.176. The maximum Gasteiger partial charge on any atom is 0.227 e. The van der Waals surface area contributed by atoms with E-state index in [-0.39, 0.29) is 24.2 Å². The summed E-state index contributed by atoms with van der Waals surface area (Å²) in [6.07, 6.45) is 5.64. The van der Waals surface area contributed by atoms with Crippen LogP contribution in [-0.2, 0) is 7.05 Å². The van der Waals surface area contributed by atoms with Crippen molar-refractivity contribution in [1.82, 2.24) is 34.5 Å². The Hall–Kier alpha value is -3.60. The Morgan fingerprint density at radius 2 is 1.86 bits per heavy atom. The summed E-state index contributed by atoms with van der Waals surface area (Å²) in [5.41, 5.74) is 0.295. The predicted molar refractivity (Wildman–Crippen MR) is 107 cm³/mol. The van der Waals surface area contributed by atoms with Gasteiger partial charge in [-0.2, -0.15) is 15.0 Å². The topological polar surface area (TPSA) is 127 Å². The number of aryl methyl sites for hydroxylation is 1. The van der Waals surface area contributed by atoms with Crippen molar-refractivity contribution in [2.75, 3.05) is 10.6 Å². The molecule has 0 saturated heterocycles. The molecule has 0 aromatic carbocycles. The van der Waals surface area contributed by atoms with Gasteiger partial charge in [0, 0.05) is 19.3 Å². The molecule has 150 valence electrons. The van der Waals surface area contributed by atoms with Crippen LogP contribution in [0.15, 0.2) is 37.1 Å². The molecule has 0 spiro atoms. The molecule has 12 heteroatoms. The summed E-state index contributed by atoms with van der Waals surface area (Å²) >= 11 is 0. The maximum atomic E-state index is 13.0. The van der Waals surface area contributed by atoms with Crippen LogP contribution in [0.5, 0.6) is 5.88 Å². The van der Waals surface area contributed by atoms with Crippen LogP contribution in [0.25, 0.3) is 11.0 Å². The zero-order valence-corrected chi connectivity index (χ0v) is 16.2. The average molecular weight is 418 g/mol. The first kappa shape index (κ1) is 20.1. The normalized spacial score (nSPS) is 11.7. The van der Waals surface area contributed by atoms with Crippen molar-refractivity contribution in [3.05, 3.63) is 48.7 Å².